The third kappa shape index (κ3) is 3.93. The lowest BCUT2D eigenvalue weighted by Gasteiger charge is -2.04. The number of ketones is 1. The molecule has 0 amide bonds. The van der Waals surface area contributed by atoms with Crippen LogP contribution in [0.5, 0.6) is 0 Å². The van der Waals surface area contributed by atoms with Gasteiger partial charge in [-0.3, -0.25) is 9.78 Å². The van der Waals surface area contributed by atoms with Crippen molar-refractivity contribution in [3.63, 3.8) is 0 Å². The maximum absolute atomic E-state index is 12.0. The van der Waals surface area contributed by atoms with E-state index in [-0.39, 0.29) is 12.2 Å². The van der Waals surface area contributed by atoms with Gasteiger partial charge in [0.05, 0.1) is 15.1 Å². The van der Waals surface area contributed by atoms with Crippen LogP contribution in [0.4, 0.5) is 0 Å². The molecule has 5 heteroatoms. The minimum atomic E-state index is 0.0616. The summed E-state index contributed by atoms with van der Waals surface area (Å²) in [7, 11) is 0. The van der Waals surface area contributed by atoms with Crippen LogP contribution in [0.25, 0.3) is 0 Å². The van der Waals surface area contributed by atoms with Gasteiger partial charge in [-0.2, -0.15) is 0 Å². The minimum absolute atomic E-state index is 0.0616. The largest absolute Gasteiger partial charge is 0.299 e. The molecule has 1 aromatic carbocycles. The lowest BCUT2D eigenvalue weighted by Crippen LogP contribution is -2.07. The third-order valence-corrected chi connectivity index (χ3v) is 3.71. The number of carbonyl (C=O) groups excluding carboxylic acids is 1. The SMILES string of the molecule is O=C(Cc1ccc(Cl)c(Cl)c1)Cc1ccncc1Cl. The van der Waals surface area contributed by atoms with E-state index in [4.69, 9.17) is 34.8 Å². The number of pyridine rings is 1. The van der Waals surface area contributed by atoms with E-state index in [1.807, 2.05) is 0 Å². The van der Waals surface area contributed by atoms with Crippen molar-refractivity contribution in [1.29, 1.82) is 0 Å². The molecule has 0 aliphatic carbocycles. The van der Waals surface area contributed by atoms with E-state index < -0.39 is 0 Å². The summed E-state index contributed by atoms with van der Waals surface area (Å²) in [6.45, 7) is 0. The molecule has 2 rings (SSSR count). The number of hydrogen-bond acceptors (Lipinski definition) is 2. The van der Waals surface area contributed by atoms with Gasteiger partial charge in [-0.15, -0.1) is 0 Å². The molecule has 0 saturated heterocycles. The van der Waals surface area contributed by atoms with Crippen LogP contribution in [-0.2, 0) is 17.6 Å². The fourth-order valence-corrected chi connectivity index (χ4v) is 2.21. The molecular weight excluding hydrogens is 305 g/mol. The van der Waals surface area contributed by atoms with Crippen molar-refractivity contribution in [2.24, 2.45) is 0 Å². The Hall–Kier alpha value is -1.09. The van der Waals surface area contributed by atoms with E-state index in [9.17, 15) is 4.79 Å². The Labute approximate surface area is 126 Å². The fraction of sp³-hybridized carbons (Fsp3) is 0.143. The van der Waals surface area contributed by atoms with Gasteiger partial charge in [-0.1, -0.05) is 40.9 Å². The fourth-order valence-electron chi connectivity index (χ4n) is 1.70. The average Bonchev–Trinajstić information content (AvgIpc) is 2.37. The predicted molar refractivity (Wildman–Crippen MR) is 78.1 cm³/mol. The topological polar surface area (TPSA) is 30.0 Å². The highest BCUT2D eigenvalue weighted by atomic mass is 35.5. The van der Waals surface area contributed by atoms with Crippen molar-refractivity contribution >= 4 is 40.6 Å². The van der Waals surface area contributed by atoms with Crippen LogP contribution in [0, 0.1) is 0 Å². The van der Waals surface area contributed by atoms with Crippen molar-refractivity contribution in [2.45, 2.75) is 12.8 Å². The first-order valence-electron chi connectivity index (χ1n) is 5.60. The molecule has 0 saturated carbocycles. The number of nitrogens with zero attached hydrogens (tertiary/aromatic N) is 1. The van der Waals surface area contributed by atoms with E-state index in [0.29, 0.717) is 21.5 Å². The smallest absolute Gasteiger partial charge is 0.141 e. The first kappa shape index (κ1) is 14.3. The molecule has 1 aromatic heterocycles. The molecule has 0 spiro atoms. The van der Waals surface area contributed by atoms with Gasteiger partial charge in [0.2, 0.25) is 0 Å². The van der Waals surface area contributed by atoms with E-state index in [1.54, 1.807) is 30.5 Å². The molecule has 0 radical (unpaired) electrons. The van der Waals surface area contributed by atoms with Crippen molar-refractivity contribution < 1.29 is 4.79 Å². The molecule has 0 aliphatic heterocycles. The van der Waals surface area contributed by atoms with E-state index in [0.717, 1.165) is 11.1 Å². The Morgan fingerprint density at radius 3 is 2.47 bits per heavy atom. The average molecular weight is 315 g/mol. The Bertz CT molecular complexity index is 613. The van der Waals surface area contributed by atoms with Gasteiger partial charge in [0, 0.05) is 25.2 Å². The first-order valence-corrected chi connectivity index (χ1v) is 6.73. The van der Waals surface area contributed by atoms with Crippen LogP contribution in [0.15, 0.2) is 36.7 Å². The monoisotopic (exact) mass is 313 g/mol. The Morgan fingerprint density at radius 2 is 1.79 bits per heavy atom. The summed E-state index contributed by atoms with van der Waals surface area (Å²) in [5, 5.41) is 1.44. The molecular formula is C14H10Cl3NO. The van der Waals surface area contributed by atoms with Gasteiger partial charge in [-0.05, 0) is 29.3 Å². The van der Waals surface area contributed by atoms with E-state index in [1.165, 1.54) is 6.20 Å². The number of rotatable bonds is 4. The second-order valence-corrected chi connectivity index (χ2v) is 5.33. The highest BCUT2D eigenvalue weighted by Gasteiger charge is 2.09. The van der Waals surface area contributed by atoms with E-state index in [2.05, 4.69) is 4.98 Å². The van der Waals surface area contributed by atoms with Gasteiger partial charge in [0.15, 0.2) is 0 Å². The van der Waals surface area contributed by atoms with Gasteiger partial charge in [0.25, 0.3) is 0 Å². The number of hydrogen-bond donors (Lipinski definition) is 0. The normalized spacial score (nSPS) is 10.5. The highest BCUT2D eigenvalue weighted by molar-refractivity contribution is 6.42. The maximum atomic E-state index is 12.0. The molecule has 1 heterocycles. The summed E-state index contributed by atoms with van der Waals surface area (Å²) in [6, 6.07) is 6.93. The maximum Gasteiger partial charge on any atom is 0.141 e. The molecule has 19 heavy (non-hydrogen) atoms. The Kier molecular flexibility index (Phi) is 4.81. The number of carbonyl (C=O) groups is 1. The molecule has 2 aromatic rings. The van der Waals surface area contributed by atoms with Gasteiger partial charge < -0.3 is 0 Å². The summed E-state index contributed by atoms with van der Waals surface area (Å²) >= 11 is 17.7. The summed E-state index contributed by atoms with van der Waals surface area (Å²) in [5.74, 6) is 0.0616. The van der Waals surface area contributed by atoms with Gasteiger partial charge in [-0.25, -0.2) is 0 Å². The lowest BCUT2D eigenvalue weighted by molar-refractivity contribution is -0.117. The lowest BCUT2D eigenvalue weighted by atomic mass is 10.0. The Balaban J connectivity index is 2.05. The zero-order valence-electron chi connectivity index (χ0n) is 9.87. The van der Waals surface area contributed by atoms with Crippen LogP contribution in [0.3, 0.4) is 0 Å². The second kappa shape index (κ2) is 6.38. The highest BCUT2D eigenvalue weighted by Crippen LogP contribution is 2.23. The van der Waals surface area contributed by atoms with Crippen molar-refractivity contribution in [2.75, 3.05) is 0 Å². The summed E-state index contributed by atoms with van der Waals surface area (Å²) < 4.78 is 0. The number of halogens is 3. The number of aromatic nitrogens is 1. The molecule has 0 bridgehead atoms. The van der Waals surface area contributed by atoms with Crippen LogP contribution < -0.4 is 0 Å². The van der Waals surface area contributed by atoms with E-state index >= 15 is 0 Å². The zero-order chi connectivity index (χ0) is 13.8. The number of Topliss-reactive ketones (excluding diaryl/α,β-unsaturated/α-hetero) is 1. The predicted octanol–water partition coefficient (Wildman–Crippen LogP) is 4.40. The standard InChI is InChI=1S/C14H10Cl3NO/c15-12-2-1-9(6-13(12)16)5-11(19)7-10-3-4-18-8-14(10)17/h1-4,6,8H,5,7H2. The molecule has 0 N–H and O–H groups in total. The third-order valence-electron chi connectivity index (χ3n) is 2.63. The molecule has 0 atom stereocenters. The van der Waals surface area contributed by atoms with Crippen molar-refractivity contribution in [1.82, 2.24) is 4.98 Å². The van der Waals surface area contributed by atoms with Crippen molar-refractivity contribution in [3.8, 4) is 0 Å². The van der Waals surface area contributed by atoms with Gasteiger partial charge in [0.1, 0.15) is 5.78 Å². The molecule has 0 aliphatic rings. The first-order chi connectivity index (χ1) is 9.06. The number of benzene rings is 1. The molecule has 2 nitrogen and oxygen atoms in total. The van der Waals surface area contributed by atoms with Crippen LogP contribution in [0.2, 0.25) is 15.1 Å². The minimum Gasteiger partial charge on any atom is -0.299 e. The van der Waals surface area contributed by atoms with Crippen LogP contribution >= 0.6 is 34.8 Å². The summed E-state index contributed by atoms with van der Waals surface area (Å²) in [5.41, 5.74) is 1.62. The van der Waals surface area contributed by atoms with Crippen LogP contribution in [-0.4, -0.2) is 10.8 Å². The van der Waals surface area contributed by atoms with Gasteiger partial charge >= 0.3 is 0 Å². The van der Waals surface area contributed by atoms with Crippen LogP contribution in [0.1, 0.15) is 11.1 Å². The second-order valence-electron chi connectivity index (χ2n) is 4.11. The zero-order valence-corrected chi connectivity index (χ0v) is 12.1. The molecule has 0 fully saturated rings. The molecule has 0 unspecified atom stereocenters. The summed E-state index contributed by atoms with van der Waals surface area (Å²) in [6.07, 6.45) is 3.73. The quantitative estimate of drug-likeness (QED) is 0.837. The van der Waals surface area contributed by atoms with Crippen molar-refractivity contribution in [3.05, 3.63) is 62.9 Å². The summed E-state index contributed by atoms with van der Waals surface area (Å²) in [4.78, 5) is 15.9. The Morgan fingerprint density at radius 1 is 1.00 bits per heavy atom. The molecule has 98 valence electrons.